The molecular formula is C30H44FNO5. The van der Waals surface area contributed by atoms with Gasteiger partial charge in [-0.05, 0) is 56.2 Å². The standard InChI is InChI=1S/C24H28FNO5.C4H10.C2H6/c1-3-30-24(29)8-5-13-31-22-7-4-6-18(9-12-22)23(17(2)27)16-26-20-14-19(25)10-11-21(28)15-20;1-3-4-2;1-2/h4,6,9-12,14-16,21,26,28H,3,5,7-8,13H2,1-2H3;3-4H2,1-2H3;1-2H3/b23-16+;;. The van der Waals surface area contributed by atoms with E-state index in [1.54, 1.807) is 19.1 Å². The summed E-state index contributed by atoms with van der Waals surface area (Å²) in [5, 5.41) is 12.6. The Balaban J connectivity index is 0.00000196. The number of carbonyl (C=O) groups excluding carboxylic acids is 2. The minimum atomic E-state index is -0.926. The number of halogens is 1. The molecule has 0 saturated heterocycles. The Hall–Kier alpha value is -3.19. The number of esters is 1. The van der Waals surface area contributed by atoms with Gasteiger partial charge in [0.05, 0.1) is 25.1 Å². The number of ether oxygens (including phenoxy) is 2. The number of hydrogen-bond acceptors (Lipinski definition) is 6. The first-order valence-electron chi connectivity index (χ1n) is 13.1. The van der Waals surface area contributed by atoms with E-state index in [4.69, 9.17) is 9.47 Å². The highest BCUT2D eigenvalue weighted by Gasteiger charge is 2.11. The molecule has 2 aliphatic rings. The van der Waals surface area contributed by atoms with Crippen molar-refractivity contribution in [2.75, 3.05) is 13.2 Å². The van der Waals surface area contributed by atoms with Gasteiger partial charge in [0.15, 0.2) is 5.78 Å². The summed E-state index contributed by atoms with van der Waals surface area (Å²) in [5.41, 5.74) is 1.41. The van der Waals surface area contributed by atoms with Gasteiger partial charge in [-0.1, -0.05) is 58.8 Å². The summed E-state index contributed by atoms with van der Waals surface area (Å²) in [7, 11) is 0. The van der Waals surface area contributed by atoms with Crippen LogP contribution in [-0.4, -0.2) is 36.2 Å². The maximum atomic E-state index is 13.6. The Bertz CT molecular complexity index is 920. The van der Waals surface area contributed by atoms with E-state index < -0.39 is 11.9 Å². The van der Waals surface area contributed by atoms with Gasteiger partial charge in [0.25, 0.3) is 0 Å². The van der Waals surface area contributed by atoms with Gasteiger partial charge in [-0.2, -0.15) is 0 Å². The van der Waals surface area contributed by atoms with Crippen molar-refractivity contribution in [1.82, 2.24) is 5.32 Å². The molecule has 2 rings (SSSR count). The molecular weight excluding hydrogens is 473 g/mol. The minimum Gasteiger partial charge on any atom is -0.498 e. The van der Waals surface area contributed by atoms with Crippen LogP contribution >= 0.6 is 0 Å². The van der Waals surface area contributed by atoms with Crippen molar-refractivity contribution in [1.29, 1.82) is 0 Å². The van der Waals surface area contributed by atoms with Crippen molar-refractivity contribution in [3.05, 3.63) is 83.2 Å². The van der Waals surface area contributed by atoms with Crippen molar-refractivity contribution >= 4 is 11.8 Å². The highest BCUT2D eigenvalue weighted by molar-refractivity contribution is 5.98. The van der Waals surface area contributed by atoms with Crippen LogP contribution in [0.25, 0.3) is 0 Å². The van der Waals surface area contributed by atoms with Crippen molar-refractivity contribution < 1.29 is 28.6 Å². The van der Waals surface area contributed by atoms with Crippen LogP contribution in [0.4, 0.5) is 4.39 Å². The zero-order valence-corrected chi connectivity index (χ0v) is 23.2. The van der Waals surface area contributed by atoms with E-state index in [0.29, 0.717) is 49.3 Å². The molecule has 1 unspecified atom stereocenters. The molecule has 0 aliphatic heterocycles. The topological polar surface area (TPSA) is 84.9 Å². The van der Waals surface area contributed by atoms with Crippen molar-refractivity contribution in [2.24, 2.45) is 0 Å². The molecule has 7 heteroatoms. The van der Waals surface area contributed by atoms with E-state index >= 15 is 0 Å². The largest absolute Gasteiger partial charge is 0.498 e. The second-order valence-electron chi connectivity index (χ2n) is 7.88. The quantitative estimate of drug-likeness (QED) is 0.181. The second-order valence-corrected chi connectivity index (χ2v) is 7.88. The van der Waals surface area contributed by atoms with Crippen LogP contribution in [0.15, 0.2) is 83.2 Å². The lowest BCUT2D eigenvalue weighted by atomic mass is 10.0. The first kappa shape index (κ1) is 33.8. The molecule has 2 N–H and O–H groups in total. The second kappa shape index (κ2) is 20.9. The fourth-order valence-corrected chi connectivity index (χ4v) is 2.86. The fraction of sp³-hybridized carbons (Fsp3) is 0.467. The number of rotatable bonds is 11. The molecule has 37 heavy (non-hydrogen) atoms. The van der Waals surface area contributed by atoms with Crippen molar-refractivity contribution in [2.45, 2.75) is 79.8 Å². The maximum Gasteiger partial charge on any atom is 0.305 e. The number of carbonyl (C=O) groups is 2. The molecule has 206 valence electrons. The predicted octanol–water partition coefficient (Wildman–Crippen LogP) is 6.68. The molecule has 0 amide bonds. The number of allylic oxidation sites excluding steroid dienone is 9. The molecule has 0 bridgehead atoms. The molecule has 0 radical (unpaired) electrons. The van der Waals surface area contributed by atoms with E-state index in [1.165, 1.54) is 50.3 Å². The Morgan fingerprint density at radius 3 is 2.49 bits per heavy atom. The molecule has 6 nitrogen and oxygen atoms in total. The van der Waals surface area contributed by atoms with Gasteiger partial charge >= 0.3 is 5.97 Å². The van der Waals surface area contributed by atoms with E-state index in [0.717, 1.165) is 5.76 Å². The SMILES string of the molecule is CC.CCCC.CCOC(=O)CCCOC1=CC=C(/C(=C/NC2=CC(O)C=CC(F)=C2)C(C)=O)C=CC1. The molecule has 0 aromatic rings. The third kappa shape index (κ3) is 15.5. The first-order chi connectivity index (χ1) is 17.8. The summed E-state index contributed by atoms with van der Waals surface area (Å²) in [6.45, 7) is 12.3. The Morgan fingerprint density at radius 1 is 1.16 bits per heavy atom. The van der Waals surface area contributed by atoms with Gasteiger partial charge in [0.1, 0.15) is 5.83 Å². The summed E-state index contributed by atoms with van der Waals surface area (Å²) in [6.07, 6.45) is 17.0. The van der Waals surface area contributed by atoms with E-state index in [1.807, 2.05) is 26.0 Å². The van der Waals surface area contributed by atoms with Gasteiger partial charge in [0, 0.05) is 30.3 Å². The average molecular weight is 518 g/mol. The molecule has 1 atom stereocenters. The molecule has 0 aromatic carbocycles. The molecule has 2 aliphatic carbocycles. The van der Waals surface area contributed by atoms with E-state index in [9.17, 15) is 19.1 Å². The van der Waals surface area contributed by atoms with Crippen LogP contribution in [0.2, 0.25) is 0 Å². The number of aliphatic hydroxyl groups is 1. The predicted molar refractivity (Wildman–Crippen MR) is 148 cm³/mol. The lowest BCUT2D eigenvalue weighted by molar-refractivity contribution is -0.143. The number of ketones is 1. The smallest absolute Gasteiger partial charge is 0.305 e. The number of Topliss-reactive ketones (excluding diaryl/α,β-unsaturated/α-hetero) is 1. The van der Waals surface area contributed by atoms with Crippen LogP contribution in [0, 0.1) is 0 Å². The highest BCUT2D eigenvalue weighted by Crippen LogP contribution is 2.20. The number of unbranched alkanes of at least 4 members (excludes halogenated alkanes) is 1. The van der Waals surface area contributed by atoms with E-state index in [-0.39, 0.29) is 11.8 Å². The number of aliphatic hydroxyl groups excluding tert-OH is 1. The van der Waals surface area contributed by atoms with Gasteiger partial charge in [0.2, 0.25) is 0 Å². The van der Waals surface area contributed by atoms with Crippen LogP contribution in [0.5, 0.6) is 0 Å². The van der Waals surface area contributed by atoms with Crippen LogP contribution in [0.1, 0.15) is 73.6 Å². The molecule has 0 heterocycles. The van der Waals surface area contributed by atoms with Gasteiger partial charge in [-0.25, -0.2) is 4.39 Å². The van der Waals surface area contributed by atoms with Gasteiger partial charge in [-0.3, -0.25) is 9.59 Å². The lowest BCUT2D eigenvalue weighted by Crippen LogP contribution is -2.11. The zero-order chi connectivity index (χ0) is 28.1. The van der Waals surface area contributed by atoms with Crippen molar-refractivity contribution in [3.8, 4) is 0 Å². The van der Waals surface area contributed by atoms with Crippen molar-refractivity contribution in [3.63, 3.8) is 0 Å². The van der Waals surface area contributed by atoms with Crippen LogP contribution in [-0.2, 0) is 19.1 Å². The lowest BCUT2D eigenvalue weighted by Gasteiger charge is -2.08. The minimum absolute atomic E-state index is 0.173. The molecule has 0 aromatic heterocycles. The average Bonchev–Trinajstić information content (AvgIpc) is 3.21. The van der Waals surface area contributed by atoms with E-state index in [2.05, 4.69) is 19.2 Å². The third-order valence-electron chi connectivity index (χ3n) is 4.85. The highest BCUT2D eigenvalue weighted by atomic mass is 19.1. The first-order valence-corrected chi connectivity index (χ1v) is 13.1. The van der Waals surface area contributed by atoms with Gasteiger partial charge in [-0.15, -0.1) is 0 Å². The fourth-order valence-electron chi connectivity index (χ4n) is 2.86. The zero-order valence-electron chi connectivity index (χ0n) is 23.2. The van der Waals surface area contributed by atoms with Crippen LogP contribution in [0.3, 0.4) is 0 Å². The normalized spacial score (nSPS) is 16.6. The summed E-state index contributed by atoms with van der Waals surface area (Å²) in [5.74, 6) is -0.201. The monoisotopic (exact) mass is 517 g/mol. The van der Waals surface area contributed by atoms with Gasteiger partial charge < -0.3 is 19.9 Å². The summed E-state index contributed by atoms with van der Waals surface area (Å²) >= 11 is 0. The summed E-state index contributed by atoms with van der Waals surface area (Å²) in [6, 6.07) is 0. The summed E-state index contributed by atoms with van der Waals surface area (Å²) < 4.78 is 24.2. The Kier molecular flexibility index (Phi) is 19.1. The maximum absolute atomic E-state index is 13.6. The number of hydrogen-bond donors (Lipinski definition) is 2. The summed E-state index contributed by atoms with van der Waals surface area (Å²) in [4.78, 5) is 23.5. The molecule has 0 saturated carbocycles. The third-order valence-corrected chi connectivity index (χ3v) is 4.85. The van der Waals surface area contributed by atoms with Crippen LogP contribution < -0.4 is 5.32 Å². The Labute approximate surface area is 222 Å². The Morgan fingerprint density at radius 2 is 1.86 bits per heavy atom. The molecule has 0 spiro atoms. The number of nitrogens with one attached hydrogen (secondary N) is 1. The molecule has 0 fully saturated rings.